The number of aliphatic hydroxyl groups excluding tert-OH is 1. The third-order valence-corrected chi connectivity index (χ3v) is 4.54. The molecule has 1 fully saturated rings. The number of carboxylic acid groups (broad SMARTS) is 1. The van der Waals surface area contributed by atoms with E-state index in [2.05, 4.69) is 32.4 Å². The largest absolute Gasteiger partial charge is 0.476 e. The normalized spacial score (nSPS) is 16.6. The van der Waals surface area contributed by atoms with E-state index in [1.165, 1.54) is 6.07 Å². The lowest BCUT2D eigenvalue weighted by molar-refractivity contribution is 0.0689. The van der Waals surface area contributed by atoms with Crippen LogP contribution in [0.1, 0.15) is 55.9 Å². The molecule has 2 aromatic rings. The standard InChI is InChI=1S/C19H24N6O3/c1-2-3-10-20-19-21-11-14(15-8-9-16(18(27)28)25-24-15)17(23-19)22-12-4-6-13(26)7-5-12/h8-9,11,13,26H,2-7,10H2,1H3,(H,27,28)(H,20,21,23). The predicted octanol–water partition coefficient (Wildman–Crippen LogP) is 2.85. The zero-order valence-electron chi connectivity index (χ0n) is 15.8. The van der Waals surface area contributed by atoms with Gasteiger partial charge in [-0.05, 0) is 44.2 Å². The Morgan fingerprint density at radius 2 is 2.07 bits per heavy atom. The Balaban J connectivity index is 1.93. The molecule has 1 saturated carbocycles. The summed E-state index contributed by atoms with van der Waals surface area (Å²) in [4.78, 5) is 24.6. The molecule has 0 unspecified atom stereocenters. The van der Waals surface area contributed by atoms with Crippen LogP contribution in [0.5, 0.6) is 0 Å². The van der Waals surface area contributed by atoms with Gasteiger partial charge in [-0.1, -0.05) is 13.3 Å². The number of hydrogen-bond donors (Lipinski definition) is 3. The Bertz CT molecular complexity index is 843. The predicted molar refractivity (Wildman–Crippen MR) is 105 cm³/mol. The lowest BCUT2D eigenvalue weighted by Crippen LogP contribution is -2.17. The van der Waals surface area contributed by atoms with E-state index in [4.69, 9.17) is 10.1 Å². The van der Waals surface area contributed by atoms with Crippen LogP contribution in [0.25, 0.3) is 11.3 Å². The van der Waals surface area contributed by atoms with Crippen molar-refractivity contribution in [2.45, 2.75) is 51.6 Å². The van der Waals surface area contributed by atoms with Crippen LogP contribution in [0.15, 0.2) is 23.3 Å². The van der Waals surface area contributed by atoms with Crippen molar-refractivity contribution in [3.05, 3.63) is 24.0 Å². The Hall–Kier alpha value is -2.94. The van der Waals surface area contributed by atoms with Gasteiger partial charge in [0.2, 0.25) is 5.95 Å². The molecule has 0 aromatic carbocycles. The summed E-state index contributed by atoms with van der Waals surface area (Å²) < 4.78 is 0. The number of anilines is 1. The Morgan fingerprint density at radius 1 is 1.29 bits per heavy atom. The van der Waals surface area contributed by atoms with Crippen LogP contribution in [-0.4, -0.2) is 54.7 Å². The fourth-order valence-electron chi connectivity index (χ4n) is 2.89. The topological polar surface area (TPSA) is 133 Å². The van der Waals surface area contributed by atoms with Gasteiger partial charge in [0, 0.05) is 18.5 Å². The maximum Gasteiger partial charge on any atom is 0.356 e. The number of hydrogen-bond acceptors (Lipinski definition) is 8. The summed E-state index contributed by atoms with van der Waals surface area (Å²) in [6, 6.07) is 2.97. The first-order valence-corrected chi connectivity index (χ1v) is 9.49. The molecular weight excluding hydrogens is 360 g/mol. The molecule has 0 bridgehead atoms. The van der Waals surface area contributed by atoms with Gasteiger partial charge in [-0.25, -0.2) is 14.8 Å². The number of carboxylic acids is 1. The molecule has 0 spiro atoms. The number of aliphatic hydroxyl groups is 1. The summed E-state index contributed by atoms with van der Waals surface area (Å²) in [5, 5.41) is 29.6. The second-order valence-electron chi connectivity index (χ2n) is 6.73. The SMILES string of the molecule is CCCCNc1ncc(-c2ccc(C(=O)O)nn2)c(N=C2CCC(O)CC2)n1. The average molecular weight is 384 g/mol. The van der Waals surface area contributed by atoms with Gasteiger partial charge < -0.3 is 15.5 Å². The molecule has 1 aliphatic rings. The summed E-state index contributed by atoms with van der Waals surface area (Å²) in [6.07, 6.45) is 6.23. The molecule has 9 nitrogen and oxygen atoms in total. The van der Waals surface area contributed by atoms with E-state index < -0.39 is 5.97 Å². The van der Waals surface area contributed by atoms with Gasteiger partial charge in [0.05, 0.1) is 17.4 Å². The van der Waals surface area contributed by atoms with E-state index in [9.17, 15) is 9.90 Å². The second kappa shape index (κ2) is 9.32. The highest BCUT2D eigenvalue weighted by atomic mass is 16.4. The minimum Gasteiger partial charge on any atom is -0.476 e. The maximum atomic E-state index is 11.0. The first-order chi connectivity index (χ1) is 13.6. The average Bonchev–Trinajstić information content (AvgIpc) is 2.70. The van der Waals surface area contributed by atoms with E-state index in [-0.39, 0.29) is 11.8 Å². The summed E-state index contributed by atoms with van der Waals surface area (Å²) >= 11 is 0. The van der Waals surface area contributed by atoms with Crippen LogP contribution in [-0.2, 0) is 0 Å². The van der Waals surface area contributed by atoms with Crippen LogP contribution >= 0.6 is 0 Å². The molecule has 1 aliphatic carbocycles. The number of aliphatic imine (C=N–C) groups is 1. The molecule has 3 N–H and O–H groups in total. The minimum absolute atomic E-state index is 0.128. The van der Waals surface area contributed by atoms with Crippen LogP contribution in [0.2, 0.25) is 0 Å². The molecular formula is C19H24N6O3. The molecule has 2 aromatic heterocycles. The fourth-order valence-corrected chi connectivity index (χ4v) is 2.89. The second-order valence-corrected chi connectivity index (χ2v) is 6.73. The van der Waals surface area contributed by atoms with E-state index in [0.717, 1.165) is 25.1 Å². The van der Waals surface area contributed by atoms with Crippen LogP contribution in [0.4, 0.5) is 11.8 Å². The number of aromatic carboxylic acids is 1. The highest BCUT2D eigenvalue weighted by molar-refractivity contribution is 5.89. The third kappa shape index (κ3) is 5.07. The summed E-state index contributed by atoms with van der Waals surface area (Å²) in [7, 11) is 0. The number of nitrogens with one attached hydrogen (secondary N) is 1. The Kier molecular flexibility index (Phi) is 6.59. The maximum absolute atomic E-state index is 11.0. The number of aromatic nitrogens is 4. The van der Waals surface area contributed by atoms with Gasteiger partial charge in [-0.3, -0.25) is 0 Å². The van der Waals surface area contributed by atoms with Crippen molar-refractivity contribution >= 4 is 23.4 Å². The van der Waals surface area contributed by atoms with E-state index in [0.29, 0.717) is 48.7 Å². The number of unbranched alkanes of at least 4 members (excludes halogenated alkanes) is 1. The summed E-state index contributed by atoms with van der Waals surface area (Å²) in [5.74, 6) is -0.174. The van der Waals surface area contributed by atoms with Crippen LogP contribution < -0.4 is 5.32 Å². The first kappa shape index (κ1) is 19.8. The Morgan fingerprint density at radius 3 is 2.71 bits per heavy atom. The fraction of sp³-hybridized carbons (Fsp3) is 0.474. The Labute approximate surface area is 163 Å². The molecule has 148 valence electrons. The molecule has 0 saturated heterocycles. The molecule has 0 radical (unpaired) electrons. The van der Waals surface area contributed by atoms with Crippen molar-refractivity contribution < 1.29 is 15.0 Å². The summed E-state index contributed by atoms with van der Waals surface area (Å²) in [5.41, 5.74) is 1.89. The van der Waals surface area contributed by atoms with E-state index in [1.807, 2.05) is 0 Å². The van der Waals surface area contributed by atoms with Crippen molar-refractivity contribution in [2.24, 2.45) is 4.99 Å². The van der Waals surface area contributed by atoms with E-state index in [1.54, 1.807) is 12.3 Å². The molecule has 0 atom stereocenters. The van der Waals surface area contributed by atoms with Gasteiger partial charge in [-0.2, -0.15) is 4.98 Å². The van der Waals surface area contributed by atoms with Gasteiger partial charge in [0.15, 0.2) is 11.5 Å². The molecule has 0 aliphatic heterocycles. The minimum atomic E-state index is -1.13. The molecule has 2 heterocycles. The zero-order valence-corrected chi connectivity index (χ0v) is 15.8. The van der Waals surface area contributed by atoms with Crippen LogP contribution in [0, 0.1) is 0 Å². The van der Waals surface area contributed by atoms with Gasteiger partial charge in [-0.15, -0.1) is 10.2 Å². The van der Waals surface area contributed by atoms with Crippen LogP contribution in [0.3, 0.4) is 0 Å². The highest BCUT2D eigenvalue weighted by Gasteiger charge is 2.17. The van der Waals surface area contributed by atoms with E-state index >= 15 is 0 Å². The molecule has 28 heavy (non-hydrogen) atoms. The molecule has 0 amide bonds. The smallest absolute Gasteiger partial charge is 0.356 e. The van der Waals surface area contributed by atoms with Gasteiger partial charge in [0.25, 0.3) is 0 Å². The number of carbonyl (C=O) groups is 1. The quantitative estimate of drug-likeness (QED) is 0.621. The van der Waals surface area contributed by atoms with Gasteiger partial charge >= 0.3 is 5.97 Å². The highest BCUT2D eigenvalue weighted by Crippen LogP contribution is 2.29. The number of nitrogens with zero attached hydrogens (tertiary/aromatic N) is 5. The monoisotopic (exact) mass is 384 g/mol. The van der Waals surface area contributed by atoms with Crippen molar-refractivity contribution in [3.8, 4) is 11.3 Å². The third-order valence-electron chi connectivity index (χ3n) is 4.54. The van der Waals surface area contributed by atoms with Crippen molar-refractivity contribution in [3.63, 3.8) is 0 Å². The lowest BCUT2D eigenvalue weighted by atomic mass is 9.96. The van der Waals surface area contributed by atoms with Gasteiger partial charge in [0.1, 0.15) is 0 Å². The van der Waals surface area contributed by atoms with Crippen molar-refractivity contribution in [1.29, 1.82) is 0 Å². The first-order valence-electron chi connectivity index (χ1n) is 9.49. The van der Waals surface area contributed by atoms with Crippen molar-refractivity contribution in [2.75, 3.05) is 11.9 Å². The zero-order chi connectivity index (χ0) is 19.9. The molecule has 3 rings (SSSR count). The molecule has 9 heteroatoms. The van der Waals surface area contributed by atoms with Crippen molar-refractivity contribution in [1.82, 2.24) is 20.2 Å². The summed E-state index contributed by atoms with van der Waals surface area (Å²) in [6.45, 7) is 2.88. The number of rotatable bonds is 7. The lowest BCUT2D eigenvalue weighted by Gasteiger charge is -2.18.